The predicted octanol–water partition coefficient (Wildman–Crippen LogP) is 0.914. The number of carbonyl (C=O) groups excluding carboxylic acids is 2. The minimum Gasteiger partial charge on any atom is -0.340 e. The molecule has 0 aromatic heterocycles. The molecule has 1 heterocycles. The second-order valence-electron chi connectivity index (χ2n) is 3.86. The van der Waals surface area contributed by atoms with Crippen molar-refractivity contribution in [1.82, 2.24) is 5.32 Å². The molecule has 2 amide bonds. The first-order valence-corrected chi connectivity index (χ1v) is 5.31. The summed E-state index contributed by atoms with van der Waals surface area (Å²) >= 11 is 0. The Morgan fingerprint density at radius 1 is 1.35 bits per heavy atom. The fourth-order valence-electron chi connectivity index (χ4n) is 1.69. The molecule has 1 aromatic rings. The van der Waals surface area contributed by atoms with Gasteiger partial charge in [0.1, 0.15) is 0 Å². The fraction of sp³-hybridized carbons (Fsp3) is 0.250. The quantitative estimate of drug-likeness (QED) is 0.822. The maximum absolute atomic E-state index is 12.0. The Kier molecular flexibility index (Phi) is 2.91. The number of para-hydroxylation sites is 1. The van der Waals surface area contributed by atoms with Gasteiger partial charge in [0.25, 0.3) is 5.91 Å². The van der Waals surface area contributed by atoms with Crippen LogP contribution in [-0.2, 0) is 9.59 Å². The Balaban J connectivity index is 2.24. The van der Waals surface area contributed by atoms with Crippen LogP contribution in [0, 0.1) is 0 Å². The molecule has 0 saturated carbocycles. The van der Waals surface area contributed by atoms with Gasteiger partial charge in [0.05, 0.1) is 11.4 Å². The van der Waals surface area contributed by atoms with Crippen molar-refractivity contribution in [3.63, 3.8) is 0 Å². The summed E-state index contributed by atoms with van der Waals surface area (Å²) in [6.07, 6.45) is 0. The van der Waals surface area contributed by atoms with E-state index in [9.17, 15) is 9.59 Å². The molecule has 17 heavy (non-hydrogen) atoms. The van der Waals surface area contributed by atoms with Crippen LogP contribution < -0.4 is 10.3 Å². The van der Waals surface area contributed by atoms with E-state index in [0.717, 1.165) is 0 Å². The van der Waals surface area contributed by atoms with Crippen molar-refractivity contribution >= 4 is 23.2 Å². The van der Waals surface area contributed by atoms with Crippen LogP contribution in [-0.4, -0.2) is 23.6 Å². The van der Waals surface area contributed by atoms with Crippen molar-refractivity contribution in [3.8, 4) is 0 Å². The number of hydrogen-bond acceptors (Lipinski definition) is 3. The highest BCUT2D eigenvalue weighted by atomic mass is 16.2. The molecule has 1 N–H and O–H groups in total. The van der Waals surface area contributed by atoms with Crippen LogP contribution in [0.1, 0.15) is 13.8 Å². The van der Waals surface area contributed by atoms with Gasteiger partial charge in [-0.05, 0) is 19.1 Å². The molecule has 1 aliphatic rings. The van der Waals surface area contributed by atoms with Gasteiger partial charge in [-0.15, -0.1) is 0 Å². The molecule has 0 bridgehead atoms. The highest BCUT2D eigenvalue weighted by Gasteiger charge is 2.34. The zero-order valence-electron chi connectivity index (χ0n) is 9.68. The fourth-order valence-corrected chi connectivity index (χ4v) is 1.69. The lowest BCUT2D eigenvalue weighted by Crippen LogP contribution is -2.44. The smallest absolute Gasteiger partial charge is 0.275 e. The summed E-state index contributed by atoms with van der Waals surface area (Å²) in [4.78, 5) is 23.0. The van der Waals surface area contributed by atoms with Gasteiger partial charge in [-0.25, -0.2) is 0 Å². The molecule has 1 atom stereocenters. The molecule has 0 fully saturated rings. The molecule has 2 rings (SSSR count). The highest BCUT2D eigenvalue weighted by Crippen LogP contribution is 2.19. The molecule has 0 aliphatic carbocycles. The second-order valence-corrected chi connectivity index (χ2v) is 3.86. The molecule has 0 spiro atoms. The summed E-state index contributed by atoms with van der Waals surface area (Å²) in [5.74, 6) is -0.475. The van der Waals surface area contributed by atoms with Gasteiger partial charge in [-0.1, -0.05) is 18.2 Å². The van der Waals surface area contributed by atoms with Crippen molar-refractivity contribution in [1.29, 1.82) is 0 Å². The molecule has 0 saturated heterocycles. The lowest BCUT2D eigenvalue weighted by atomic mass is 10.2. The lowest BCUT2D eigenvalue weighted by Gasteiger charge is -2.14. The number of hydrazone groups is 1. The second kappa shape index (κ2) is 4.37. The average molecular weight is 231 g/mol. The Bertz CT molecular complexity index is 482. The van der Waals surface area contributed by atoms with Gasteiger partial charge in [-0.3, -0.25) is 9.59 Å². The molecular weight excluding hydrogens is 218 g/mol. The summed E-state index contributed by atoms with van der Waals surface area (Å²) in [5, 5.41) is 8.06. The zero-order chi connectivity index (χ0) is 12.4. The molecule has 5 heteroatoms. The first-order chi connectivity index (χ1) is 8.09. The first-order valence-electron chi connectivity index (χ1n) is 5.31. The molecule has 0 radical (unpaired) electrons. The Hall–Kier alpha value is -2.17. The summed E-state index contributed by atoms with van der Waals surface area (Å²) in [6, 6.07) is 8.48. The lowest BCUT2D eigenvalue weighted by molar-refractivity contribution is -0.124. The number of anilines is 1. The van der Waals surface area contributed by atoms with E-state index in [0.29, 0.717) is 11.4 Å². The number of amides is 2. The van der Waals surface area contributed by atoms with Gasteiger partial charge < -0.3 is 5.32 Å². The van der Waals surface area contributed by atoms with Crippen LogP contribution in [0.5, 0.6) is 0 Å². The number of nitrogens with zero attached hydrogens (tertiary/aromatic N) is 2. The number of hydrogen-bond donors (Lipinski definition) is 1. The third kappa shape index (κ3) is 2.18. The maximum atomic E-state index is 12.0. The predicted molar refractivity (Wildman–Crippen MR) is 64.6 cm³/mol. The molecule has 1 aromatic carbocycles. The summed E-state index contributed by atoms with van der Waals surface area (Å²) < 4.78 is 0. The van der Waals surface area contributed by atoms with Crippen LogP contribution in [0.4, 0.5) is 5.69 Å². The third-order valence-electron chi connectivity index (χ3n) is 2.48. The van der Waals surface area contributed by atoms with Crippen LogP contribution >= 0.6 is 0 Å². The summed E-state index contributed by atoms with van der Waals surface area (Å²) in [5.41, 5.74) is 1.29. The number of benzene rings is 1. The van der Waals surface area contributed by atoms with E-state index in [1.54, 1.807) is 19.1 Å². The van der Waals surface area contributed by atoms with E-state index in [2.05, 4.69) is 10.4 Å². The normalized spacial score (nSPS) is 19.2. The van der Waals surface area contributed by atoms with Crippen molar-refractivity contribution in [2.45, 2.75) is 19.9 Å². The summed E-state index contributed by atoms with van der Waals surface area (Å²) in [6.45, 7) is 3.10. The largest absolute Gasteiger partial charge is 0.340 e. The Labute approximate surface area is 99.1 Å². The van der Waals surface area contributed by atoms with Crippen LogP contribution in [0.2, 0.25) is 0 Å². The number of nitrogens with one attached hydrogen (secondary N) is 1. The van der Waals surface area contributed by atoms with Crippen LogP contribution in [0.15, 0.2) is 35.4 Å². The molecule has 1 unspecified atom stereocenters. The molecule has 5 nitrogen and oxygen atoms in total. The van der Waals surface area contributed by atoms with Crippen LogP contribution in [0.3, 0.4) is 0 Å². The van der Waals surface area contributed by atoms with E-state index >= 15 is 0 Å². The molecule has 1 aliphatic heterocycles. The van der Waals surface area contributed by atoms with E-state index in [1.165, 1.54) is 11.9 Å². The van der Waals surface area contributed by atoms with Crippen molar-refractivity contribution in [2.75, 3.05) is 5.01 Å². The Morgan fingerprint density at radius 3 is 2.59 bits per heavy atom. The molecular formula is C12H13N3O2. The van der Waals surface area contributed by atoms with Gasteiger partial charge in [-0.2, -0.15) is 10.1 Å². The van der Waals surface area contributed by atoms with E-state index in [4.69, 9.17) is 0 Å². The summed E-state index contributed by atoms with van der Waals surface area (Å²) in [7, 11) is 0. The van der Waals surface area contributed by atoms with Gasteiger partial charge in [0, 0.05) is 6.92 Å². The van der Waals surface area contributed by atoms with E-state index in [-0.39, 0.29) is 11.8 Å². The monoisotopic (exact) mass is 231 g/mol. The van der Waals surface area contributed by atoms with Crippen molar-refractivity contribution in [2.24, 2.45) is 5.10 Å². The van der Waals surface area contributed by atoms with Crippen LogP contribution in [0.25, 0.3) is 0 Å². The van der Waals surface area contributed by atoms with Gasteiger partial charge in [0.2, 0.25) is 5.91 Å². The highest BCUT2D eigenvalue weighted by molar-refractivity contribution is 6.19. The molecule has 88 valence electrons. The first kappa shape index (κ1) is 11.3. The minimum absolute atomic E-state index is 0.232. The van der Waals surface area contributed by atoms with E-state index in [1.807, 2.05) is 18.2 Å². The zero-order valence-corrected chi connectivity index (χ0v) is 9.68. The van der Waals surface area contributed by atoms with Crippen molar-refractivity contribution in [3.05, 3.63) is 30.3 Å². The van der Waals surface area contributed by atoms with E-state index < -0.39 is 6.04 Å². The van der Waals surface area contributed by atoms with Gasteiger partial charge in [0.15, 0.2) is 6.04 Å². The Morgan fingerprint density at radius 2 is 2.00 bits per heavy atom. The topological polar surface area (TPSA) is 61.8 Å². The minimum atomic E-state index is -0.646. The number of carbonyl (C=O) groups is 2. The standard InChI is InChI=1S/C12H13N3O2/c1-8-11(13-9(2)16)12(17)15(14-8)10-6-4-3-5-7-10/h3-7,11H,1-2H3,(H,13,16). The number of rotatable bonds is 2. The van der Waals surface area contributed by atoms with Crippen molar-refractivity contribution < 1.29 is 9.59 Å². The maximum Gasteiger partial charge on any atom is 0.275 e. The average Bonchev–Trinajstić information content (AvgIpc) is 2.58. The van der Waals surface area contributed by atoms with Gasteiger partial charge >= 0.3 is 0 Å². The SMILES string of the molecule is CC(=O)NC1C(=O)N(c2ccccc2)N=C1C. The third-order valence-corrected chi connectivity index (χ3v) is 2.48.